The molecule has 2 atom stereocenters. The van der Waals surface area contributed by atoms with Gasteiger partial charge in [-0.2, -0.15) is 8.78 Å². The number of carbonyl (C=O) groups is 2. The van der Waals surface area contributed by atoms with Gasteiger partial charge in [-0.3, -0.25) is 24.9 Å². The van der Waals surface area contributed by atoms with E-state index in [0.717, 1.165) is 24.3 Å². The van der Waals surface area contributed by atoms with Gasteiger partial charge in [0.15, 0.2) is 11.5 Å². The molecular weight excluding hydrogens is 693 g/mol. The largest absolute Gasteiger partial charge is 0.464 e. The number of imide groups is 1. The van der Waals surface area contributed by atoms with Gasteiger partial charge in [0.05, 0.1) is 20.0 Å². The van der Waals surface area contributed by atoms with Crippen LogP contribution in [0.3, 0.4) is 0 Å². The van der Waals surface area contributed by atoms with Crippen LogP contribution in [-0.4, -0.2) is 38.9 Å². The Hall–Kier alpha value is -3.34. The Bertz CT molecular complexity index is 1570. The minimum Gasteiger partial charge on any atom is -0.464 e. The van der Waals surface area contributed by atoms with E-state index in [1.165, 1.54) is 0 Å². The number of hydrogen-bond donors (Lipinski definition) is 1. The van der Waals surface area contributed by atoms with Crippen molar-refractivity contribution in [3.63, 3.8) is 0 Å². The van der Waals surface area contributed by atoms with Crippen molar-refractivity contribution in [1.29, 1.82) is 0 Å². The van der Waals surface area contributed by atoms with Crippen LogP contribution < -0.4 is 14.2 Å². The van der Waals surface area contributed by atoms with Crippen LogP contribution in [-0.2, 0) is 9.59 Å². The van der Waals surface area contributed by atoms with E-state index < -0.39 is 111 Å². The fourth-order valence-corrected chi connectivity index (χ4v) is 4.66. The van der Waals surface area contributed by atoms with E-state index in [9.17, 15) is 46.9 Å². The molecule has 0 aliphatic carbocycles. The predicted molar refractivity (Wildman–Crippen MR) is 133 cm³/mol. The monoisotopic (exact) mass is 696 g/mol. The molecule has 0 bridgehead atoms. The van der Waals surface area contributed by atoms with Gasteiger partial charge < -0.3 is 14.2 Å². The summed E-state index contributed by atoms with van der Waals surface area (Å²) in [7, 11) is 0. The lowest BCUT2D eigenvalue weighted by Crippen LogP contribution is -2.58. The topological polar surface area (TPSA) is 128 Å². The first-order chi connectivity index (χ1) is 19.6. The highest BCUT2D eigenvalue weighted by molar-refractivity contribution is 6.55. The molecule has 3 aromatic rings. The maximum absolute atomic E-state index is 14.7. The number of nitro benzene ring substituents is 1. The molecule has 42 heavy (non-hydrogen) atoms. The van der Waals surface area contributed by atoms with Gasteiger partial charge in [-0.25, -0.2) is 13.2 Å². The molecule has 1 aliphatic heterocycles. The van der Waals surface area contributed by atoms with Crippen molar-refractivity contribution in [1.82, 2.24) is 5.06 Å². The zero-order chi connectivity index (χ0) is 31.4. The van der Waals surface area contributed by atoms with Crippen LogP contribution in [0.25, 0.3) is 0 Å². The highest BCUT2D eigenvalue weighted by Crippen LogP contribution is 2.51. The van der Waals surface area contributed by atoms with Gasteiger partial charge in [0.2, 0.25) is 34.8 Å². The summed E-state index contributed by atoms with van der Waals surface area (Å²) in [6.07, 6.45) is -2.86. The number of amides is 2. The van der Waals surface area contributed by atoms with Crippen LogP contribution in [0.5, 0.6) is 17.2 Å². The lowest BCUT2D eigenvalue weighted by atomic mass is 10.1. The van der Waals surface area contributed by atoms with Gasteiger partial charge in [0, 0.05) is 6.07 Å². The number of rotatable bonds is 7. The van der Waals surface area contributed by atoms with Gasteiger partial charge in [-0.05, 0) is 6.07 Å². The molecular formula is C22H6Cl5F5N2O8. The minimum atomic E-state index is -3.85. The summed E-state index contributed by atoms with van der Waals surface area (Å²) in [6.45, 7) is 0. The second kappa shape index (κ2) is 11.4. The van der Waals surface area contributed by atoms with Gasteiger partial charge >= 0.3 is 23.3 Å². The van der Waals surface area contributed by atoms with Gasteiger partial charge in [-0.1, -0.05) is 70.1 Å². The maximum atomic E-state index is 14.7. The van der Waals surface area contributed by atoms with E-state index in [2.05, 4.69) is 0 Å². The van der Waals surface area contributed by atoms with Crippen LogP contribution in [0.1, 0.15) is 0 Å². The number of hydroxylamine groups is 2. The Morgan fingerprint density at radius 3 is 1.76 bits per heavy atom. The number of nitrogens with zero attached hydrogens (tertiary/aromatic N) is 2. The van der Waals surface area contributed by atoms with Crippen LogP contribution in [0.4, 0.5) is 27.6 Å². The van der Waals surface area contributed by atoms with Crippen LogP contribution >= 0.6 is 58.0 Å². The van der Waals surface area contributed by atoms with E-state index in [1.807, 2.05) is 0 Å². The number of para-hydroxylation sites is 2. The standard InChI is InChI=1S/C22H6Cl5F5N2O8/c23-7-8(24)10(26)17(11(27)9(7)25)41-22(42-18-15(31)13(29)12(28)14(30)16(18)32)19(20(35)33(37)21(22)36)40-6-4-2-1-3-5(6)34(38)39/h1-4,19,37H. The van der Waals surface area contributed by atoms with E-state index in [0.29, 0.717) is 0 Å². The third kappa shape index (κ3) is 4.89. The molecule has 0 radical (unpaired) electrons. The van der Waals surface area contributed by atoms with E-state index in [4.69, 9.17) is 72.2 Å². The van der Waals surface area contributed by atoms with Gasteiger partial charge in [0.25, 0.3) is 6.10 Å². The summed E-state index contributed by atoms with van der Waals surface area (Å²) in [4.78, 5) is 36.7. The maximum Gasteiger partial charge on any atom is 0.383 e. The summed E-state index contributed by atoms with van der Waals surface area (Å²) < 4.78 is 86.8. The average Bonchev–Trinajstić information content (AvgIpc) is 3.13. The second-order valence-electron chi connectivity index (χ2n) is 7.85. The normalized spacial score (nSPS) is 18.5. The van der Waals surface area contributed by atoms with Crippen molar-refractivity contribution < 1.29 is 55.9 Å². The summed E-state index contributed by atoms with van der Waals surface area (Å²) >= 11 is 30.0. The highest BCUT2D eigenvalue weighted by Gasteiger charge is 2.69. The second-order valence-corrected chi connectivity index (χ2v) is 9.74. The fourth-order valence-electron chi connectivity index (χ4n) is 3.46. The van der Waals surface area contributed by atoms with Gasteiger partial charge in [0.1, 0.15) is 10.0 Å². The van der Waals surface area contributed by atoms with Crippen LogP contribution in [0, 0.1) is 39.2 Å². The summed E-state index contributed by atoms with van der Waals surface area (Å²) in [5.74, 6) is -25.1. The van der Waals surface area contributed by atoms with E-state index in [-0.39, 0.29) is 0 Å². The SMILES string of the molecule is O=C1C(Oc2ccccc2[N+](=O)[O-])C(Oc2c(F)c(F)c(F)c(F)c2F)(Oc2c(Cl)c(Cl)c(Cl)c(Cl)c2Cl)C(=O)N1O. The Morgan fingerprint density at radius 2 is 1.24 bits per heavy atom. The highest BCUT2D eigenvalue weighted by atomic mass is 35.5. The molecule has 1 heterocycles. The average molecular weight is 699 g/mol. The summed E-state index contributed by atoms with van der Waals surface area (Å²) in [5, 5.41) is 17.6. The third-order valence-electron chi connectivity index (χ3n) is 5.42. The quantitative estimate of drug-likeness (QED) is 0.0412. The molecule has 3 aromatic carbocycles. The molecule has 4 rings (SSSR count). The molecule has 20 heteroatoms. The predicted octanol–water partition coefficient (Wildman–Crippen LogP) is 6.92. The Morgan fingerprint density at radius 1 is 0.786 bits per heavy atom. The number of hydrogen-bond acceptors (Lipinski definition) is 8. The third-order valence-corrected chi connectivity index (χ3v) is 7.66. The molecule has 0 saturated carbocycles. The number of benzene rings is 3. The molecule has 0 aromatic heterocycles. The molecule has 1 N–H and O–H groups in total. The summed E-state index contributed by atoms with van der Waals surface area (Å²) in [6, 6.07) is 4.01. The number of ether oxygens (including phenoxy) is 3. The molecule has 1 aliphatic rings. The van der Waals surface area contributed by atoms with Crippen molar-refractivity contribution in [2.45, 2.75) is 11.9 Å². The molecule has 2 amide bonds. The Balaban J connectivity index is 2.04. The van der Waals surface area contributed by atoms with Crippen molar-refractivity contribution in [3.8, 4) is 17.2 Å². The van der Waals surface area contributed by atoms with Gasteiger partial charge in [-0.15, -0.1) is 5.06 Å². The van der Waals surface area contributed by atoms with Crippen molar-refractivity contribution in [2.75, 3.05) is 0 Å². The van der Waals surface area contributed by atoms with Crippen LogP contribution in [0.15, 0.2) is 24.3 Å². The first-order valence-electron chi connectivity index (χ1n) is 10.4. The number of carbonyl (C=O) groups excluding carboxylic acids is 2. The smallest absolute Gasteiger partial charge is 0.383 e. The van der Waals surface area contributed by atoms with E-state index >= 15 is 0 Å². The minimum absolute atomic E-state index is 0.485. The molecule has 0 spiro atoms. The lowest BCUT2D eigenvalue weighted by molar-refractivity contribution is -0.386. The lowest BCUT2D eigenvalue weighted by Gasteiger charge is -2.32. The van der Waals surface area contributed by atoms with Crippen molar-refractivity contribution in [3.05, 3.63) is 88.6 Å². The fraction of sp³-hybridized carbons (Fsp3) is 0.0909. The van der Waals surface area contributed by atoms with Crippen molar-refractivity contribution >= 4 is 75.5 Å². The molecule has 222 valence electrons. The number of halogens is 10. The Kier molecular flexibility index (Phi) is 8.57. The first kappa shape index (κ1) is 31.6. The Labute approximate surface area is 253 Å². The molecule has 10 nitrogen and oxygen atoms in total. The number of nitro groups is 1. The van der Waals surface area contributed by atoms with E-state index in [1.54, 1.807) is 0 Å². The molecule has 1 saturated heterocycles. The molecule has 2 unspecified atom stereocenters. The molecule has 1 fully saturated rings. The zero-order valence-corrected chi connectivity index (χ0v) is 23.1. The summed E-state index contributed by atoms with van der Waals surface area (Å²) in [5.41, 5.74) is -0.868. The van der Waals surface area contributed by atoms with Crippen LogP contribution in [0.2, 0.25) is 25.1 Å². The first-order valence-corrected chi connectivity index (χ1v) is 12.3. The van der Waals surface area contributed by atoms with Crippen molar-refractivity contribution in [2.24, 2.45) is 0 Å². The zero-order valence-electron chi connectivity index (χ0n) is 19.4.